The molecule has 1 aromatic rings. The van der Waals surface area contributed by atoms with Crippen LogP contribution in [0, 0.1) is 6.92 Å². The smallest absolute Gasteiger partial charge is 0.327 e. The van der Waals surface area contributed by atoms with Gasteiger partial charge in [-0.05, 0) is 12.5 Å². The molecule has 1 N–H and O–H groups in total. The van der Waals surface area contributed by atoms with E-state index < -0.39 is 12.0 Å². The van der Waals surface area contributed by atoms with E-state index in [-0.39, 0.29) is 5.91 Å². The third-order valence-electron chi connectivity index (χ3n) is 3.10. The van der Waals surface area contributed by atoms with Gasteiger partial charge in [-0.2, -0.15) is 0 Å². The van der Waals surface area contributed by atoms with Gasteiger partial charge in [0.05, 0.1) is 11.6 Å². The molecule has 0 aliphatic carbocycles. The Morgan fingerprint density at radius 3 is 2.75 bits per heavy atom. The summed E-state index contributed by atoms with van der Waals surface area (Å²) in [6, 6.07) is 7.55. The third-order valence-corrected chi connectivity index (χ3v) is 5.10. The lowest BCUT2D eigenvalue weighted by Crippen LogP contribution is -2.42. The van der Waals surface area contributed by atoms with Gasteiger partial charge < -0.3 is 10.0 Å². The number of carboxylic acids is 1. The maximum atomic E-state index is 12.0. The van der Waals surface area contributed by atoms with E-state index in [1.54, 1.807) is 0 Å². The predicted octanol–water partition coefficient (Wildman–Crippen LogP) is 2.21. The summed E-state index contributed by atoms with van der Waals surface area (Å²) in [6.07, 6.45) is 0. The second-order valence-electron chi connectivity index (χ2n) is 4.70. The largest absolute Gasteiger partial charge is 0.480 e. The number of aliphatic carboxylic acids is 1. The molecule has 1 aliphatic heterocycles. The Bertz CT molecular complexity index is 490. The predicted molar refractivity (Wildman–Crippen MR) is 82.9 cm³/mol. The van der Waals surface area contributed by atoms with Crippen LogP contribution in [0.15, 0.2) is 24.3 Å². The molecule has 0 saturated carbocycles. The Kier molecular flexibility index (Phi) is 5.37. The summed E-state index contributed by atoms with van der Waals surface area (Å²) < 4.78 is 0. The number of carboxylic acid groups (broad SMARTS) is 1. The average molecular weight is 311 g/mol. The van der Waals surface area contributed by atoms with Crippen LogP contribution in [0.3, 0.4) is 0 Å². The number of carbonyl (C=O) groups excluding carboxylic acids is 1. The lowest BCUT2D eigenvalue weighted by molar-refractivity contribution is -0.146. The summed E-state index contributed by atoms with van der Waals surface area (Å²) in [5.74, 6) is 1.08. The Hall–Kier alpha value is -1.14. The first kappa shape index (κ1) is 15.3. The summed E-state index contributed by atoms with van der Waals surface area (Å²) in [5, 5.41) is 9.05. The maximum absolute atomic E-state index is 12.0. The number of nitrogens with zero attached hydrogens (tertiary/aromatic N) is 1. The van der Waals surface area contributed by atoms with E-state index in [2.05, 4.69) is 24.3 Å². The van der Waals surface area contributed by atoms with Crippen LogP contribution in [-0.2, 0) is 15.3 Å². The van der Waals surface area contributed by atoms with E-state index in [9.17, 15) is 9.59 Å². The first-order valence-corrected chi connectivity index (χ1v) is 8.62. The van der Waals surface area contributed by atoms with Crippen molar-refractivity contribution in [1.82, 2.24) is 4.90 Å². The van der Waals surface area contributed by atoms with Crippen molar-refractivity contribution in [2.75, 3.05) is 17.4 Å². The fourth-order valence-electron chi connectivity index (χ4n) is 1.92. The van der Waals surface area contributed by atoms with E-state index in [1.165, 1.54) is 39.6 Å². The molecule has 0 radical (unpaired) electrons. The van der Waals surface area contributed by atoms with Crippen molar-refractivity contribution in [3.05, 3.63) is 35.4 Å². The zero-order valence-electron chi connectivity index (χ0n) is 11.2. The SMILES string of the molecule is Cc1ccc(CSCC(=O)N2CSCC2C(=O)O)cc1. The van der Waals surface area contributed by atoms with E-state index >= 15 is 0 Å². The second kappa shape index (κ2) is 7.04. The molecule has 1 fully saturated rings. The Morgan fingerprint density at radius 1 is 1.40 bits per heavy atom. The van der Waals surface area contributed by atoms with Crippen molar-refractivity contribution < 1.29 is 14.7 Å². The molecule has 1 aromatic carbocycles. The maximum Gasteiger partial charge on any atom is 0.327 e. The Morgan fingerprint density at radius 2 is 2.10 bits per heavy atom. The van der Waals surface area contributed by atoms with Crippen LogP contribution in [-0.4, -0.2) is 45.3 Å². The molecule has 1 atom stereocenters. The van der Waals surface area contributed by atoms with E-state index in [0.29, 0.717) is 17.4 Å². The molecule has 1 amide bonds. The lowest BCUT2D eigenvalue weighted by atomic mass is 10.2. The van der Waals surface area contributed by atoms with Crippen molar-refractivity contribution in [1.29, 1.82) is 0 Å². The highest BCUT2D eigenvalue weighted by atomic mass is 32.2. The summed E-state index contributed by atoms with van der Waals surface area (Å²) in [7, 11) is 0. The average Bonchev–Trinajstić information content (AvgIpc) is 2.90. The number of hydrogen-bond donors (Lipinski definition) is 1. The molecule has 108 valence electrons. The zero-order valence-corrected chi connectivity index (χ0v) is 12.9. The molecule has 2 rings (SSSR count). The van der Waals surface area contributed by atoms with Gasteiger partial charge in [-0.1, -0.05) is 29.8 Å². The van der Waals surface area contributed by atoms with Gasteiger partial charge in [0, 0.05) is 11.5 Å². The van der Waals surface area contributed by atoms with Crippen LogP contribution >= 0.6 is 23.5 Å². The Labute approximate surface area is 126 Å². The van der Waals surface area contributed by atoms with Crippen LogP contribution in [0.5, 0.6) is 0 Å². The number of amides is 1. The van der Waals surface area contributed by atoms with Gasteiger partial charge in [-0.3, -0.25) is 4.79 Å². The molecule has 1 saturated heterocycles. The standard InChI is InChI=1S/C14H17NO3S2/c1-10-2-4-11(5-3-10)6-19-8-13(16)15-9-20-7-12(15)14(17)18/h2-5,12H,6-9H2,1H3,(H,17,18). The van der Waals surface area contributed by atoms with Crippen LogP contribution in [0.1, 0.15) is 11.1 Å². The molecule has 4 nitrogen and oxygen atoms in total. The molecular formula is C14H17NO3S2. The first-order valence-electron chi connectivity index (χ1n) is 6.31. The molecule has 1 unspecified atom stereocenters. The summed E-state index contributed by atoms with van der Waals surface area (Å²) in [5.41, 5.74) is 2.40. The fraction of sp³-hybridized carbons (Fsp3) is 0.429. The molecule has 1 heterocycles. The topological polar surface area (TPSA) is 57.6 Å². The molecular weight excluding hydrogens is 294 g/mol. The minimum absolute atomic E-state index is 0.0838. The van der Waals surface area contributed by atoms with Crippen LogP contribution in [0.2, 0.25) is 0 Å². The number of aryl methyl sites for hydroxylation is 1. The zero-order chi connectivity index (χ0) is 14.5. The van der Waals surface area contributed by atoms with Gasteiger partial charge in [0.2, 0.25) is 5.91 Å². The van der Waals surface area contributed by atoms with Gasteiger partial charge in [-0.25, -0.2) is 4.79 Å². The molecule has 0 bridgehead atoms. The van der Waals surface area contributed by atoms with Crippen molar-refractivity contribution in [3.8, 4) is 0 Å². The number of rotatable bonds is 5. The van der Waals surface area contributed by atoms with Gasteiger partial charge in [0.15, 0.2) is 0 Å². The van der Waals surface area contributed by atoms with Crippen molar-refractivity contribution in [3.63, 3.8) is 0 Å². The molecule has 0 aromatic heterocycles. The van der Waals surface area contributed by atoms with Crippen molar-refractivity contribution in [2.24, 2.45) is 0 Å². The fourth-order valence-corrected chi connectivity index (χ4v) is 3.96. The lowest BCUT2D eigenvalue weighted by Gasteiger charge is -2.20. The van der Waals surface area contributed by atoms with Crippen LogP contribution < -0.4 is 0 Å². The van der Waals surface area contributed by atoms with Crippen LogP contribution in [0.25, 0.3) is 0 Å². The summed E-state index contributed by atoms with van der Waals surface area (Å²) in [4.78, 5) is 24.5. The monoisotopic (exact) mass is 311 g/mol. The molecule has 6 heteroatoms. The molecule has 1 aliphatic rings. The molecule has 20 heavy (non-hydrogen) atoms. The van der Waals surface area contributed by atoms with Crippen molar-refractivity contribution in [2.45, 2.75) is 18.7 Å². The highest BCUT2D eigenvalue weighted by molar-refractivity contribution is 7.99. The minimum atomic E-state index is -0.910. The summed E-state index contributed by atoms with van der Waals surface area (Å²) in [6.45, 7) is 2.04. The summed E-state index contributed by atoms with van der Waals surface area (Å²) >= 11 is 3.02. The number of benzene rings is 1. The second-order valence-corrected chi connectivity index (χ2v) is 6.68. The highest BCUT2D eigenvalue weighted by Crippen LogP contribution is 2.23. The van der Waals surface area contributed by atoms with Crippen LogP contribution in [0.4, 0.5) is 0 Å². The van der Waals surface area contributed by atoms with Gasteiger partial charge in [0.1, 0.15) is 6.04 Å². The first-order chi connectivity index (χ1) is 9.58. The number of carbonyl (C=O) groups is 2. The Balaban J connectivity index is 1.80. The van der Waals surface area contributed by atoms with E-state index in [0.717, 1.165) is 5.75 Å². The quantitative estimate of drug-likeness (QED) is 0.903. The normalized spacial score (nSPS) is 18.2. The highest BCUT2D eigenvalue weighted by Gasteiger charge is 2.34. The minimum Gasteiger partial charge on any atom is -0.480 e. The molecule has 0 spiro atoms. The van der Waals surface area contributed by atoms with Gasteiger partial charge in [0.25, 0.3) is 0 Å². The third kappa shape index (κ3) is 3.93. The van der Waals surface area contributed by atoms with Gasteiger partial charge in [-0.15, -0.1) is 23.5 Å². The van der Waals surface area contributed by atoms with Crippen molar-refractivity contribution >= 4 is 35.4 Å². The number of thioether (sulfide) groups is 2. The number of hydrogen-bond acceptors (Lipinski definition) is 4. The van der Waals surface area contributed by atoms with E-state index in [1.807, 2.05) is 6.92 Å². The van der Waals surface area contributed by atoms with Gasteiger partial charge >= 0.3 is 5.97 Å². The van der Waals surface area contributed by atoms with E-state index in [4.69, 9.17) is 5.11 Å².